The maximum absolute atomic E-state index is 12.3. The van der Waals surface area contributed by atoms with Crippen LogP contribution in [-0.4, -0.2) is 82.5 Å². The Morgan fingerprint density at radius 3 is 2.10 bits per heavy atom. The second-order valence-electron chi connectivity index (χ2n) is 6.23. The molecule has 14 heteroatoms. The van der Waals surface area contributed by atoms with E-state index in [0.29, 0.717) is 5.75 Å². The normalized spacial score (nSPS) is 13.4. The van der Waals surface area contributed by atoms with Gasteiger partial charge in [0.1, 0.15) is 12.1 Å². The van der Waals surface area contributed by atoms with E-state index in [0.717, 1.165) is 0 Å². The van der Waals surface area contributed by atoms with E-state index < -0.39 is 66.7 Å². The van der Waals surface area contributed by atoms with Crippen molar-refractivity contribution >= 4 is 47.3 Å². The maximum Gasteiger partial charge on any atom is 0.326 e. The topological polar surface area (TPSA) is 231 Å². The van der Waals surface area contributed by atoms with Gasteiger partial charge in [0, 0.05) is 6.42 Å². The molecule has 170 valence electrons. The Morgan fingerprint density at radius 1 is 0.967 bits per heavy atom. The minimum atomic E-state index is -1.65. The van der Waals surface area contributed by atoms with Crippen molar-refractivity contribution in [2.24, 2.45) is 11.5 Å². The molecule has 0 radical (unpaired) electrons. The van der Waals surface area contributed by atoms with Gasteiger partial charge in [-0.25, -0.2) is 4.79 Å². The fourth-order valence-electron chi connectivity index (χ4n) is 2.12. The lowest BCUT2D eigenvalue weighted by molar-refractivity contribution is -0.147. The van der Waals surface area contributed by atoms with E-state index in [2.05, 4.69) is 10.6 Å². The number of aliphatic carboxylic acids is 2. The summed E-state index contributed by atoms with van der Waals surface area (Å²) in [5.74, 6) is -5.37. The van der Waals surface area contributed by atoms with Crippen LogP contribution in [0.3, 0.4) is 0 Å². The van der Waals surface area contributed by atoms with Gasteiger partial charge in [-0.2, -0.15) is 11.8 Å². The van der Waals surface area contributed by atoms with E-state index in [1.807, 2.05) is 5.32 Å². The van der Waals surface area contributed by atoms with Crippen LogP contribution in [0, 0.1) is 0 Å². The smallest absolute Gasteiger partial charge is 0.326 e. The molecule has 0 saturated carbocycles. The van der Waals surface area contributed by atoms with E-state index in [1.54, 1.807) is 6.26 Å². The van der Waals surface area contributed by atoms with Crippen LogP contribution in [0.5, 0.6) is 0 Å². The second-order valence-corrected chi connectivity index (χ2v) is 7.21. The number of hydrogen-bond acceptors (Lipinski definition) is 8. The van der Waals surface area contributed by atoms with Crippen molar-refractivity contribution in [2.75, 3.05) is 18.6 Å². The molecule has 0 heterocycles. The van der Waals surface area contributed by atoms with Gasteiger partial charge in [0.2, 0.25) is 23.6 Å². The van der Waals surface area contributed by atoms with Crippen LogP contribution in [0.15, 0.2) is 0 Å². The molecule has 0 aliphatic rings. The van der Waals surface area contributed by atoms with E-state index >= 15 is 0 Å². The lowest BCUT2D eigenvalue weighted by Gasteiger charge is -2.20. The number of hydrogen-bond donors (Lipinski definition) is 7. The fourth-order valence-corrected chi connectivity index (χ4v) is 2.59. The number of nitrogens with one attached hydrogen (secondary N) is 3. The molecule has 9 N–H and O–H groups in total. The molecule has 0 aromatic heterocycles. The number of carboxylic acids is 2. The molecular weight excluding hydrogens is 422 g/mol. The minimum absolute atomic E-state index is 0.000589. The largest absolute Gasteiger partial charge is 0.481 e. The number of carbonyl (C=O) groups excluding carboxylic acids is 4. The Balaban J connectivity index is 4.80. The number of nitrogens with two attached hydrogens (primary N) is 2. The first-order chi connectivity index (χ1) is 14.0. The van der Waals surface area contributed by atoms with Gasteiger partial charge < -0.3 is 37.6 Å². The highest BCUT2D eigenvalue weighted by Crippen LogP contribution is 2.03. The van der Waals surface area contributed by atoms with Gasteiger partial charge in [0.15, 0.2) is 0 Å². The van der Waals surface area contributed by atoms with Crippen molar-refractivity contribution in [3.63, 3.8) is 0 Å². The first kappa shape index (κ1) is 27.1. The van der Waals surface area contributed by atoms with Crippen LogP contribution >= 0.6 is 11.8 Å². The van der Waals surface area contributed by atoms with Crippen LogP contribution in [-0.2, 0) is 28.8 Å². The average Bonchev–Trinajstić information content (AvgIpc) is 2.66. The molecule has 0 rings (SSSR count). The third kappa shape index (κ3) is 11.9. The summed E-state index contributed by atoms with van der Waals surface area (Å²) in [6, 6.07) is -3.73. The zero-order valence-electron chi connectivity index (χ0n) is 16.4. The van der Waals surface area contributed by atoms with Crippen LogP contribution in [0.2, 0.25) is 0 Å². The highest BCUT2D eigenvalue weighted by Gasteiger charge is 2.26. The van der Waals surface area contributed by atoms with Gasteiger partial charge in [-0.15, -0.1) is 0 Å². The Hall–Kier alpha value is -2.87. The summed E-state index contributed by atoms with van der Waals surface area (Å²) in [5.41, 5.74) is 10.7. The van der Waals surface area contributed by atoms with Crippen molar-refractivity contribution < 1.29 is 39.0 Å². The monoisotopic (exact) mass is 449 g/mol. The number of rotatable bonds is 15. The van der Waals surface area contributed by atoms with Crippen LogP contribution in [0.4, 0.5) is 0 Å². The average molecular weight is 449 g/mol. The first-order valence-corrected chi connectivity index (χ1v) is 10.2. The highest BCUT2D eigenvalue weighted by atomic mass is 32.2. The zero-order valence-corrected chi connectivity index (χ0v) is 17.2. The second kappa shape index (κ2) is 14.2. The zero-order chi connectivity index (χ0) is 23.3. The van der Waals surface area contributed by atoms with Crippen molar-refractivity contribution in [2.45, 2.75) is 43.8 Å². The lowest BCUT2D eigenvalue weighted by Crippen LogP contribution is -2.53. The fraction of sp³-hybridized carbons (Fsp3) is 0.625. The molecule has 0 aromatic rings. The molecule has 0 bridgehead atoms. The molecule has 13 nitrogen and oxygen atoms in total. The number of carboxylic acid groups (broad SMARTS) is 2. The molecular formula is C16H27N5O8S. The molecule has 0 aliphatic carbocycles. The van der Waals surface area contributed by atoms with Crippen LogP contribution in [0.1, 0.15) is 25.7 Å². The molecule has 0 aromatic carbocycles. The summed E-state index contributed by atoms with van der Waals surface area (Å²) in [7, 11) is 0. The summed E-state index contributed by atoms with van der Waals surface area (Å²) < 4.78 is 0. The maximum atomic E-state index is 12.3. The molecule has 4 amide bonds. The SMILES string of the molecule is CSCCC(NC(=O)C(N)CCC(N)=O)C(=O)NCC(=O)NC(CC(=O)O)C(=O)O. The Labute approximate surface area is 176 Å². The first-order valence-electron chi connectivity index (χ1n) is 8.82. The van der Waals surface area contributed by atoms with Crippen molar-refractivity contribution in [1.82, 2.24) is 16.0 Å². The van der Waals surface area contributed by atoms with Crippen LogP contribution in [0.25, 0.3) is 0 Å². The molecule has 0 aliphatic heterocycles. The van der Waals surface area contributed by atoms with E-state index in [1.165, 1.54) is 11.8 Å². The Kier molecular flexibility index (Phi) is 12.8. The van der Waals surface area contributed by atoms with E-state index in [-0.39, 0.29) is 19.3 Å². The predicted molar refractivity (Wildman–Crippen MR) is 106 cm³/mol. The van der Waals surface area contributed by atoms with E-state index in [9.17, 15) is 28.8 Å². The number of primary amides is 1. The molecule has 3 atom stereocenters. The molecule has 0 saturated heterocycles. The van der Waals surface area contributed by atoms with E-state index in [4.69, 9.17) is 21.7 Å². The number of amides is 4. The Morgan fingerprint density at radius 2 is 1.60 bits per heavy atom. The van der Waals surface area contributed by atoms with Gasteiger partial charge in [-0.05, 0) is 24.9 Å². The van der Waals surface area contributed by atoms with Crippen molar-refractivity contribution in [1.29, 1.82) is 0 Å². The minimum Gasteiger partial charge on any atom is -0.481 e. The van der Waals surface area contributed by atoms with Crippen molar-refractivity contribution in [3.05, 3.63) is 0 Å². The summed E-state index contributed by atoms with van der Waals surface area (Å²) in [4.78, 5) is 68.7. The Bertz CT molecular complexity index is 660. The lowest BCUT2D eigenvalue weighted by atomic mass is 10.1. The van der Waals surface area contributed by atoms with Gasteiger partial charge in [0.25, 0.3) is 0 Å². The summed E-state index contributed by atoms with van der Waals surface area (Å²) in [5, 5.41) is 24.2. The quantitative estimate of drug-likeness (QED) is 0.134. The number of carbonyl (C=O) groups is 6. The highest BCUT2D eigenvalue weighted by molar-refractivity contribution is 7.98. The summed E-state index contributed by atoms with van der Waals surface area (Å²) in [6.07, 6.45) is 1.08. The predicted octanol–water partition coefficient (Wildman–Crippen LogP) is -3.02. The van der Waals surface area contributed by atoms with Gasteiger partial charge in [-0.1, -0.05) is 0 Å². The molecule has 30 heavy (non-hydrogen) atoms. The third-order valence-electron chi connectivity index (χ3n) is 3.72. The molecule has 0 fully saturated rings. The van der Waals surface area contributed by atoms with Gasteiger partial charge in [-0.3, -0.25) is 24.0 Å². The standard InChI is InChI=1S/C16H27N5O8S/c1-30-5-4-9(21-14(26)8(17)2-3-11(18)22)15(27)19-7-12(23)20-10(16(28)29)6-13(24)25/h8-10H,2-7,17H2,1H3,(H2,18,22)(H,19,27)(H,20,23)(H,21,26)(H,24,25)(H,28,29). The number of thioether (sulfide) groups is 1. The summed E-state index contributed by atoms with van der Waals surface area (Å²) >= 11 is 1.41. The van der Waals surface area contributed by atoms with Crippen molar-refractivity contribution in [3.8, 4) is 0 Å². The summed E-state index contributed by atoms with van der Waals surface area (Å²) in [6.45, 7) is -0.623. The molecule has 0 spiro atoms. The molecule has 3 unspecified atom stereocenters. The van der Waals surface area contributed by atoms with Gasteiger partial charge in [0.05, 0.1) is 19.0 Å². The van der Waals surface area contributed by atoms with Crippen LogP contribution < -0.4 is 27.4 Å². The van der Waals surface area contributed by atoms with Gasteiger partial charge >= 0.3 is 11.9 Å². The third-order valence-corrected chi connectivity index (χ3v) is 4.36.